The third-order valence-electron chi connectivity index (χ3n) is 1.58. The first-order valence-electron chi connectivity index (χ1n) is 4.67. The lowest BCUT2D eigenvalue weighted by molar-refractivity contribution is -0.146. The Labute approximate surface area is 87.1 Å². The fourth-order valence-corrected chi connectivity index (χ4v) is 1.86. The first-order valence-corrected chi connectivity index (χ1v) is 6.05. The zero-order valence-electron chi connectivity index (χ0n) is 8.86. The Morgan fingerprint density at radius 2 is 2.00 bits per heavy atom. The van der Waals surface area contributed by atoms with Gasteiger partial charge < -0.3 is 9.84 Å². The van der Waals surface area contributed by atoms with Gasteiger partial charge in [-0.05, 0) is 27.2 Å². The molecule has 5 heteroatoms. The molecule has 0 aliphatic rings. The van der Waals surface area contributed by atoms with Crippen molar-refractivity contribution in [2.24, 2.45) is 0 Å². The van der Waals surface area contributed by atoms with E-state index in [4.69, 9.17) is 9.84 Å². The molecule has 0 aliphatic carbocycles. The maximum Gasteiger partial charge on any atom is 0.321 e. The van der Waals surface area contributed by atoms with Gasteiger partial charge in [-0.3, -0.25) is 9.00 Å². The minimum absolute atomic E-state index is 0.00229. The first kappa shape index (κ1) is 13.6. The Bertz CT molecular complexity index is 203. The molecule has 0 amide bonds. The predicted octanol–water partition coefficient (Wildman–Crippen LogP) is 0.458. The van der Waals surface area contributed by atoms with Crippen LogP contribution in [-0.4, -0.2) is 39.0 Å². The third kappa shape index (κ3) is 5.34. The van der Waals surface area contributed by atoms with Crippen LogP contribution in [0.3, 0.4) is 0 Å². The van der Waals surface area contributed by atoms with E-state index in [0.29, 0.717) is 12.2 Å². The Balaban J connectivity index is 3.97. The van der Waals surface area contributed by atoms with E-state index in [1.807, 2.05) is 0 Å². The van der Waals surface area contributed by atoms with Crippen LogP contribution in [0.2, 0.25) is 0 Å². The van der Waals surface area contributed by atoms with Gasteiger partial charge in [0.15, 0.2) is 0 Å². The molecular formula is C9H18O4S. The van der Waals surface area contributed by atoms with Crippen LogP contribution in [0.25, 0.3) is 0 Å². The Morgan fingerprint density at radius 1 is 1.43 bits per heavy atom. The molecule has 2 unspecified atom stereocenters. The minimum atomic E-state index is -1.25. The fraction of sp³-hybridized carbons (Fsp3) is 0.889. The number of esters is 1. The van der Waals surface area contributed by atoms with Crippen molar-refractivity contribution in [1.82, 2.24) is 0 Å². The summed E-state index contributed by atoms with van der Waals surface area (Å²) in [5.74, 6) is -0.0958. The lowest BCUT2D eigenvalue weighted by Crippen LogP contribution is -2.28. The number of hydrogen-bond donors (Lipinski definition) is 1. The summed E-state index contributed by atoms with van der Waals surface area (Å²) in [5, 5.41) is 7.92. The summed E-state index contributed by atoms with van der Waals surface area (Å²) in [6.07, 6.45) is 0.270. The number of carbonyl (C=O) groups is 1. The highest BCUT2D eigenvalue weighted by atomic mass is 32.2. The number of carbonyl (C=O) groups excluding carboxylic acids is 1. The highest BCUT2D eigenvalue weighted by Crippen LogP contribution is 2.03. The van der Waals surface area contributed by atoms with Gasteiger partial charge in [-0.15, -0.1) is 0 Å². The Morgan fingerprint density at radius 3 is 2.43 bits per heavy atom. The van der Waals surface area contributed by atoms with Crippen molar-refractivity contribution in [2.75, 3.05) is 12.4 Å². The first-order chi connectivity index (χ1) is 6.49. The molecule has 4 nitrogen and oxygen atoms in total. The zero-order chi connectivity index (χ0) is 11.1. The second-order valence-corrected chi connectivity index (χ2v) is 5.17. The summed E-state index contributed by atoms with van der Waals surface area (Å²) >= 11 is 0. The molecule has 0 fully saturated rings. The second-order valence-electron chi connectivity index (χ2n) is 3.29. The number of hydrogen-bond acceptors (Lipinski definition) is 4. The van der Waals surface area contributed by atoms with Crippen molar-refractivity contribution < 1.29 is 18.8 Å². The van der Waals surface area contributed by atoms with E-state index < -0.39 is 22.0 Å². The van der Waals surface area contributed by atoms with Gasteiger partial charge in [0.1, 0.15) is 5.25 Å². The van der Waals surface area contributed by atoms with Crippen LogP contribution in [0.15, 0.2) is 0 Å². The van der Waals surface area contributed by atoms with Crippen LogP contribution in [-0.2, 0) is 20.3 Å². The zero-order valence-corrected chi connectivity index (χ0v) is 9.67. The predicted molar refractivity (Wildman–Crippen MR) is 55.4 cm³/mol. The molecule has 0 spiro atoms. The van der Waals surface area contributed by atoms with Crippen molar-refractivity contribution >= 4 is 16.8 Å². The molecule has 0 saturated heterocycles. The molecule has 2 atom stereocenters. The van der Waals surface area contributed by atoms with Crippen molar-refractivity contribution in [2.45, 2.75) is 38.5 Å². The number of rotatable bonds is 6. The van der Waals surface area contributed by atoms with Gasteiger partial charge in [0, 0.05) is 23.2 Å². The topological polar surface area (TPSA) is 63.6 Å². The van der Waals surface area contributed by atoms with Crippen molar-refractivity contribution in [3.8, 4) is 0 Å². The molecule has 0 saturated carbocycles. The fourth-order valence-electron chi connectivity index (χ4n) is 0.819. The van der Waals surface area contributed by atoms with Gasteiger partial charge in [-0.1, -0.05) is 0 Å². The summed E-state index contributed by atoms with van der Waals surface area (Å²) in [5.41, 5.74) is 0. The van der Waals surface area contributed by atoms with E-state index >= 15 is 0 Å². The number of ether oxygens (including phenoxy) is 1. The summed E-state index contributed by atoms with van der Waals surface area (Å²) < 4.78 is 16.3. The van der Waals surface area contributed by atoms with Crippen LogP contribution in [0.4, 0.5) is 0 Å². The van der Waals surface area contributed by atoms with E-state index in [1.165, 1.54) is 0 Å². The normalized spacial score (nSPS) is 15.2. The molecule has 0 aromatic heterocycles. The number of aliphatic hydroxyl groups is 1. The third-order valence-corrected chi connectivity index (χ3v) is 3.25. The molecule has 0 heterocycles. The molecule has 0 radical (unpaired) electrons. The van der Waals surface area contributed by atoms with E-state index in [0.717, 1.165) is 0 Å². The molecule has 0 rings (SSSR count). The molecule has 0 aromatic rings. The van der Waals surface area contributed by atoms with Gasteiger partial charge in [-0.25, -0.2) is 0 Å². The molecule has 0 bridgehead atoms. The standard InChI is InChI=1S/C9H18O4S/c1-7(2)13-9(11)8(3)14(12)6-4-5-10/h7-8,10H,4-6H2,1-3H3. The average Bonchev–Trinajstić information content (AvgIpc) is 2.11. The molecule has 1 N–H and O–H groups in total. The maximum atomic E-state index is 11.4. The lowest BCUT2D eigenvalue weighted by Gasteiger charge is -2.13. The molecule has 84 valence electrons. The van der Waals surface area contributed by atoms with Crippen LogP contribution >= 0.6 is 0 Å². The summed E-state index contributed by atoms with van der Waals surface area (Å²) in [6.45, 7) is 5.08. The highest BCUT2D eigenvalue weighted by molar-refractivity contribution is 7.86. The number of aliphatic hydroxyl groups excluding tert-OH is 1. The monoisotopic (exact) mass is 222 g/mol. The van der Waals surface area contributed by atoms with Crippen LogP contribution in [0.1, 0.15) is 27.2 Å². The smallest absolute Gasteiger partial charge is 0.321 e. The van der Waals surface area contributed by atoms with E-state index in [1.54, 1.807) is 20.8 Å². The molecule has 0 aromatic carbocycles. The molecular weight excluding hydrogens is 204 g/mol. The molecule has 0 aliphatic heterocycles. The highest BCUT2D eigenvalue weighted by Gasteiger charge is 2.21. The van der Waals surface area contributed by atoms with Crippen LogP contribution < -0.4 is 0 Å². The van der Waals surface area contributed by atoms with Crippen molar-refractivity contribution in [1.29, 1.82) is 0 Å². The van der Waals surface area contributed by atoms with Gasteiger partial charge in [0.2, 0.25) is 0 Å². The second kappa shape index (κ2) is 6.95. The lowest BCUT2D eigenvalue weighted by atomic mass is 10.4. The average molecular weight is 222 g/mol. The van der Waals surface area contributed by atoms with Crippen LogP contribution in [0.5, 0.6) is 0 Å². The maximum absolute atomic E-state index is 11.4. The summed E-state index contributed by atoms with van der Waals surface area (Å²) in [4.78, 5) is 11.3. The van der Waals surface area contributed by atoms with Gasteiger partial charge in [0.05, 0.1) is 6.10 Å². The Kier molecular flexibility index (Phi) is 6.74. The van der Waals surface area contributed by atoms with Gasteiger partial charge in [-0.2, -0.15) is 0 Å². The van der Waals surface area contributed by atoms with E-state index in [9.17, 15) is 9.00 Å². The van der Waals surface area contributed by atoms with E-state index in [2.05, 4.69) is 0 Å². The SMILES string of the molecule is CC(C)OC(=O)C(C)S(=O)CCCO. The van der Waals surface area contributed by atoms with Crippen LogP contribution in [0, 0.1) is 0 Å². The summed E-state index contributed by atoms with van der Waals surface area (Å²) in [6, 6.07) is 0. The summed E-state index contributed by atoms with van der Waals surface area (Å²) in [7, 11) is -1.25. The molecule has 14 heavy (non-hydrogen) atoms. The minimum Gasteiger partial charge on any atom is -0.462 e. The Hall–Kier alpha value is -0.420. The van der Waals surface area contributed by atoms with Crippen molar-refractivity contribution in [3.63, 3.8) is 0 Å². The van der Waals surface area contributed by atoms with Gasteiger partial charge >= 0.3 is 5.97 Å². The van der Waals surface area contributed by atoms with Gasteiger partial charge in [0.25, 0.3) is 0 Å². The quantitative estimate of drug-likeness (QED) is 0.663. The largest absolute Gasteiger partial charge is 0.462 e. The van der Waals surface area contributed by atoms with E-state index in [-0.39, 0.29) is 12.7 Å². The van der Waals surface area contributed by atoms with Crippen molar-refractivity contribution in [3.05, 3.63) is 0 Å².